The highest BCUT2D eigenvalue weighted by Gasteiger charge is 2.31. The summed E-state index contributed by atoms with van der Waals surface area (Å²) in [5.41, 5.74) is 0.350. The van der Waals surface area contributed by atoms with Crippen molar-refractivity contribution in [1.82, 2.24) is 4.98 Å². The Balaban J connectivity index is 3.01. The molecule has 0 saturated carbocycles. The average molecular weight is 217 g/mol. The summed E-state index contributed by atoms with van der Waals surface area (Å²) in [5, 5.41) is 8.51. The minimum Gasteiger partial charge on any atom is -0.481 e. The van der Waals surface area contributed by atoms with Gasteiger partial charge in [-0.2, -0.15) is 0 Å². The quantitative estimate of drug-likeness (QED) is 0.837. The van der Waals surface area contributed by atoms with Gasteiger partial charge in [-0.15, -0.1) is 0 Å². The maximum atomic E-state index is 13.3. The van der Waals surface area contributed by atoms with Crippen LogP contribution in [0.5, 0.6) is 5.88 Å². The van der Waals surface area contributed by atoms with Crippen LogP contribution in [0.25, 0.3) is 0 Å². The van der Waals surface area contributed by atoms with Crippen molar-refractivity contribution >= 4 is 0 Å². The van der Waals surface area contributed by atoms with Crippen LogP contribution in [0.2, 0.25) is 0 Å². The van der Waals surface area contributed by atoms with E-state index in [9.17, 15) is 8.78 Å². The van der Waals surface area contributed by atoms with Gasteiger partial charge in [0.05, 0.1) is 7.11 Å². The monoisotopic (exact) mass is 217 g/mol. The largest absolute Gasteiger partial charge is 0.481 e. The summed E-state index contributed by atoms with van der Waals surface area (Å²) < 4.78 is 31.5. The summed E-state index contributed by atoms with van der Waals surface area (Å²) in [6, 6.07) is 1.32. The summed E-state index contributed by atoms with van der Waals surface area (Å²) in [6.07, 6.45) is 0.474. The fourth-order valence-corrected chi connectivity index (χ4v) is 1.26. The van der Waals surface area contributed by atoms with Gasteiger partial charge in [0.1, 0.15) is 0 Å². The van der Waals surface area contributed by atoms with Crippen molar-refractivity contribution in [2.24, 2.45) is 0 Å². The summed E-state index contributed by atoms with van der Waals surface area (Å²) in [4.78, 5) is 3.76. The number of aryl methyl sites for hydroxylation is 1. The number of pyridine rings is 1. The number of aliphatic hydroxyl groups is 1. The molecule has 1 rings (SSSR count). The Bertz CT molecular complexity index is 342. The van der Waals surface area contributed by atoms with Gasteiger partial charge < -0.3 is 9.84 Å². The van der Waals surface area contributed by atoms with Crippen molar-refractivity contribution in [2.45, 2.75) is 19.3 Å². The van der Waals surface area contributed by atoms with E-state index in [1.807, 2.05) is 0 Å². The zero-order valence-electron chi connectivity index (χ0n) is 8.63. The Morgan fingerprint density at radius 1 is 1.53 bits per heavy atom. The third-order valence-electron chi connectivity index (χ3n) is 2.07. The third-order valence-corrected chi connectivity index (χ3v) is 2.07. The molecule has 0 fully saturated rings. The van der Waals surface area contributed by atoms with Crippen LogP contribution >= 0.6 is 0 Å². The SMILES string of the molecule is COc1ncc(C(F)(F)CCO)cc1C. The molecule has 1 heterocycles. The molecule has 0 unspecified atom stereocenters. The van der Waals surface area contributed by atoms with Crippen molar-refractivity contribution < 1.29 is 18.6 Å². The molecule has 0 radical (unpaired) electrons. The average Bonchev–Trinajstić information content (AvgIpc) is 2.17. The Morgan fingerprint density at radius 2 is 2.20 bits per heavy atom. The number of hydrogen-bond acceptors (Lipinski definition) is 3. The zero-order valence-corrected chi connectivity index (χ0v) is 8.63. The van der Waals surface area contributed by atoms with Crippen LogP contribution in [0.4, 0.5) is 8.78 Å². The van der Waals surface area contributed by atoms with Crippen molar-refractivity contribution in [1.29, 1.82) is 0 Å². The van der Waals surface area contributed by atoms with E-state index in [2.05, 4.69) is 4.98 Å². The summed E-state index contributed by atoms with van der Waals surface area (Å²) in [5.74, 6) is -2.71. The molecule has 0 atom stereocenters. The van der Waals surface area contributed by atoms with Gasteiger partial charge in [0.25, 0.3) is 5.92 Å². The van der Waals surface area contributed by atoms with Crippen LogP contribution in [0.1, 0.15) is 17.5 Å². The minimum atomic E-state index is -3.04. The second kappa shape index (κ2) is 4.53. The van der Waals surface area contributed by atoms with E-state index >= 15 is 0 Å². The van der Waals surface area contributed by atoms with Crippen LogP contribution in [0.3, 0.4) is 0 Å². The Hall–Kier alpha value is -1.23. The highest BCUT2D eigenvalue weighted by molar-refractivity contribution is 5.30. The number of alkyl halides is 2. The standard InChI is InChI=1S/C10H13F2NO2/c1-7-5-8(6-13-9(7)15-2)10(11,12)3-4-14/h5-6,14H,3-4H2,1-2H3. The van der Waals surface area contributed by atoms with E-state index in [1.165, 1.54) is 13.2 Å². The molecule has 0 aliphatic heterocycles. The van der Waals surface area contributed by atoms with E-state index in [0.29, 0.717) is 11.4 Å². The van der Waals surface area contributed by atoms with Gasteiger partial charge in [0, 0.05) is 30.4 Å². The predicted octanol–water partition coefficient (Wildman–Crippen LogP) is 1.87. The first-order chi connectivity index (χ1) is 7.01. The summed E-state index contributed by atoms with van der Waals surface area (Å²) in [7, 11) is 1.43. The molecule has 3 nitrogen and oxygen atoms in total. The van der Waals surface area contributed by atoms with Gasteiger partial charge >= 0.3 is 0 Å². The van der Waals surface area contributed by atoms with Crippen LogP contribution < -0.4 is 4.74 Å². The number of aliphatic hydroxyl groups excluding tert-OH is 1. The van der Waals surface area contributed by atoms with Gasteiger partial charge in [-0.1, -0.05) is 0 Å². The first-order valence-electron chi connectivity index (χ1n) is 4.51. The van der Waals surface area contributed by atoms with Gasteiger partial charge in [-0.05, 0) is 13.0 Å². The number of ether oxygens (including phenoxy) is 1. The molecule has 0 aromatic carbocycles. The molecule has 0 aliphatic rings. The number of halogens is 2. The fraction of sp³-hybridized carbons (Fsp3) is 0.500. The third kappa shape index (κ3) is 2.62. The van der Waals surface area contributed by atoms with Crippen molar-refractivity contribution in [2.75, 3.05) is 13.7 Å². The lowest BCUT2D eigenvalue weighted by Gasteiger charge is -2.16. The summed E-state index contributed by atoms with van der Waals surface area (Å²) in [6.45, 7) is 1.09. The van der Waals surface area contributed by atoms with Gasteiger partial charge in [-0.25, -0.2) is 13.8 Å². The summed E-state index contributed by atoms with van der Waals surface area (Å²) >= 11 is 0. The Morgan fingerprint density at radius 3 is 2.67 bits per heavy atom. The van der Waals surface area contributed by atoms with E-state index in [-0.39, 0.29) is 5.56 Å². The molecular formula is C10H13F2NO2. The van der Waals surface area contributed by atoms with Crippen molar-refractivity contribution in [3.05, 3.63) is 23.4 Å². The molecule has 0 bridgehead atoms. The molecule has 1 aromatic heterocycles. The van der Waals surface area contributed by atoms with E-state index in [4.69, 9.17) is 9.84 Å². The maximum absolute atomic E-state index is 13.3. The van der Waals surface area contributed by atoms with E-state index < -0.39 is 19.0 Å². The fourth-order valence-electron chi connectivity index (χ4n) is 1.26. The Kier molecular flexibility index (Phi) is 3.57. The molecule has 1 N–H and O–H groups in total. The zero-order chi connectivity index (χ0) is 11.5. The predicted molar refractivity (Wildman–Crippen MR) is 51.1 cm³/mol. The number of rotatable bonds is 4. The van der Waals surface area contributed by atoms with Gasteiger partial charge in [0.15, 0.2) is 0 Å². The van der Waals surface area contributed by atoms with E-state index in [1.54, 1.807) is 6.92 Å². The number of methoxy groups -OCH3 is 1. The topological polar surface area (TPSA) is 42.4 Å². The number of hydrogen-bond donors (Lipinski definition) is 1. The van der Waals surface area contributed by atoms with Crippen molar-refractivity contribution in [3.63, 3.8) is 0 Å². The lowest BCUT2D eigenvalue weighted by Crippen LogP contribution is -2.16. The van der Waals surface area contributed by atoms with Crippen LogP contribution in [-0.4, -0.2) is 23.8 Å². The normalized spacial score (nSPS) is 11.5. The highest BCUT2D eigenvalue weighted by Crippen LogP contribution is 2.32. The molecule has 5 heteroatoms. The highest BCUT2D eigenvalue weighted by atomic mass is 19.3. The Labute approximate surface area is 86.7 Å². The molecule has 0 spiro atoms. The smallest absolute Gasteiger partial charge is 0.276 e. The maximum Gasteiger partial charge on any atom is 0.276 e. The van der Waals surface area contributed by atoms with Crippen molar-refractivity contribution in [3.8, 4) is 5.88 Å². The molecular weight excluding hydrogens is 204 g/mol. The molecule has 0 saturated heterocycles. The first-order valence-corrected chi connectivity index (χ1v) is 4.51. The minimum absolute atomic E-state index is 0.199. The first kappa shape index (κ1) is 11.8. The van der Waals surface area contributed by atoms with Crippen LogP contribution in [0.15, 0.2) is 12.3 Å². The second-order valence-electron chi connectivity index (χ2n) is 3.23. The lowest BCUT2D eigenvalue weighted by atomic mass is 10.1. The van der Waals surface area contributed by atoms with Crippen LogP contribution in [0, 0.1) is 6.92 Å². The molecule has 15 heavy (non-hydrogen) atoms. The van der Waals surface area contributed by atoms with Gasteiger partial charge in [0.2, 0.25) is 5.88 Å². The van der Waals surface area contributed by atoms with Gasteiger partial charge in [-0.3, -0.25) is 0 Å². The molecule has 1 aromatic rings. The molecule has 0 aliphatic carbocycles. The molecule has 84 valence electrons. The second-order valence-corrected chi connectivity index (χ2v) is 3.23. The number of aromatic nitrogens is 1. The number of nitrogens with zero attached hydrogens (tertiary/aromatic N) is 1. The molecule has 0 amide bonds. The van der Waals surface area contributed by atoms with E-state index in [0.717, 1.165) is 6.20 Å². The van der Waals surface area contributed by atoms with Crippen LogP contribution in [-0.2, 0) is 5.92 Å². The lowest BCUT2D eigenvalue weighted by molar-refractivity contribution is -0.0273.